The summed E-state index contributed by atoms with van der Waals surface area (Å²) in [5.74, 6) is 0.0569. The maximum atomic E-state index is 11.6. The van der Waals surface area contributed by atoms with E-state index < -0.39 is 5.97 Å². The molecule has 1 aromatic heterocycles. The number of carbonyl (C=O) groups excluding carboxylic acids is 1. The number of nitrogens with two attached hydrogens (primary N) is 1. The maximum Gasteiger partial charge on any atom is 0.350 e. The van der Waals surface area contributed by atoms with E-state index >= 15 is 0 Å². The van der Waals surface area contributed by atoms with Gasteiger partial charge in [-0.05, 0) is 25.4 Å². The van der Waals surface area contributed by atoms with Crippen molar-refractivity contribution in [1.29, 1.82) is 5.26 Å². The third-order valence-corrected chi connectivity index (χ3v) is 4.94. The highest BCUT2D eigenvalue weighted by molar-refractivity contribution is 7.18. The Labute approximate surface area is 128 Å². The fraction of sp³-hybridized carbons (Fsp3) is 0.571. The number of anilines is 2. The zero-order chi connectivity index (χ0) is 15.4. The van der Waals surface area contributed by atoms with Gasteiger partial charge in [-0.1, -0.05) is 6.92 Å². The molecule has 0 aliphatic carbocycles. The first-order valence-corrected chi connectivity index (χ1v) is 7.79. The van der Waals surface area contributed by atoms with Crippen LogP contribution in [0.15, 0.2) is 0 Å². The third-order valence-electron chi connectivity index (χ3n) is 3.80. The van der Waals surface area contributed by atoms with E-state index in [1.165, 1.54) is 18.4 Å². The van der Waals surface area contributed by atoms with Gasteiger partial charge in [-0.15, -0.1) is 11.3 Å². The number of hydrogen-bond acceptors (Lipinski definition) is 7. The summed E-state index contributed by atoms with van der Waals surface area (Å²) in [6.07, 6.45) is 1.15. The highest BCUT2D eigenvalue weighted by atomic mass is 32.1. The van der Waals surface area contributed by atoms with Crippen LogP contribution in [0.1, 0.15) is 28.6 Å². The van der Waals surface area contributed by atoms with Gasteiger partial charge in [0.1, 0.15) is 21.5 Å². The monoisotopic (exact) mass is 308 g/mol. The second-order valence-electron chi connectivity index (χ2n) is 5.08. The summed E-state index contributed by atoms with van der Waals surface area (Å²) in [5.41, 5.74) is 6.40. The van der Waals surface area contributed by atoms with Crippen LogP contribution < -0.4 is 11.1 Å². The number of ether oxygens (including phenoxy) is 1. The van der Waals surface area contributed by atoms with Crippen LogP contribution in [0, 0.1) is 17.2 Å². The van der Waals surface area contributed by atoms with Gasteiger partial charge in [-0.2, -0.15) is 5.26 Å². The van der Waals surface area contributed by atoms with Crippen LogP contribution in [0.4, 0.5) is 10.7 Å². The average molecular weight is 308 g/mol. The van der Waals surface area contributed by atoms with Crippen molar-refractivity contribution in [3.63, 3.8) is 0 Å². The van der Waals surface area contributed by atoms with Crippen LogP contribution in [-0.2, 0) is 4.74 Å². The van der Waals surface area contributed by atoms with Crippen LogP contribution >= 0.6 is 11.3 Å². The number of thiophene rings is 1. The summed E-state index contributed by atoms with van der Waals surface area (Å²) < 4.78 is 4.68. The summed E-state index contributed by atoms with van der Waals surface area (Å²) in [6.45, 7) is 6.19. The molecule has 1 aromatic rings. The molecule has 1 fully saturated rings. The van der Waals surface area contributed by atoms with Gasteiger partial charge in [-0.3, -0.25) is 0 Å². The van der Waals surface area contributed by atoms with E-state index in [-0.39, 0.29) is 10.6 Å². The van der Waals surface area contributed by atoms with Gasteiger partial charge in [-0.25, -0.2) is 4.79 Å². The van der Waals surface area contributed by atoms with Crippen molar-refractivity contribution in [2.75, 3.05) is 44.3 Å². The molecule has 1 saturated heterocycles. The van der Waals surface area contributed by atoms with E-state index in [0.29, 0.717) is 16.5 Å². The van der Waals surface area contributed by atoms with Gasteiger partial charge in [0.05, 0.1) is 12.8 Å². The number of hydrogen-bond donors (Lipinski definition) is 2. The molecule has 0 amide bonds. The standard InChI is InChI=1S/C14H20N4O2S/c1-3-18-5-4-9(8-18)7-17-13-10(6-15)11(16)12(21-13)14(19)20-2/h9,17H,3-5,7-8,16H2,1-2H3. The quantitative estimate of drug-likeness (QED) is 0.805. The molecule has 0 saturated carbocycles. The highest BCUT2D eigenvalue weighted by Gasteiger charge is 2.24. The van der Waals surface area contributed by atoms with Crippen LogP contribution in [0.5, 0.6) is 0 Å². The minimum atomic E-state index is -0.500. The Morgan fingerprint density at radius 2 is 2.43 bits per heavy atom. The van der Waals surface area contributed by atoms with Gasteiger partial charge in [0.2, 0.25) is 0 Å². The second kappa shape index (κ2) is 6.78. The largest absolute Gasteiger partial charge is 0.465 e. The van der Waals surface area contributed by atoms with E-state index in [4.69, 9.17) is 5.73 Å². The normalized spacial score (nSPS) is 18.4. The zero-order valence-corrected chi connectivity index (χ0v) is 13.1. The molecular formula is C14H20N4O2S. The molecule has 2 heterocycles. The first-order chi connectivity index (χ1) is 10.1. The number of rotatable bonds is 5. The molecule has 0 spiro atoms. The molecular weight excluding hydrogens is 288 g/mol. The highest BCUT2D eigenvalue weighted by Crippen LogP contribution is 2.35. The Morgan fingerprint density at radius 1 is 1.67 bits per heavy atom. The molecule has 114 valence electrons. The lowest BCUT2D eigenvalue weighted by Crippen LogP contribution is -2.22. The number of esters is 1. The molecule has 0 bridgehead atoms. The Hall–Kier alpha value is -1.78. The fourth-order valence-electron chi connectivity index (χ4n) is 2.53. The lowest BCUT2D eigenvalue weighted by molar-refractivity contribution is 0.0607. The van der Waals surface area contributed by atoms with E-state index in [1.54, 1.807) is 0 Å². The van der Waals surface area contributed by atoms with Gasteiger partial charge in [0.15, 0.2) is 0 Å². The lowest BCUT2D eigenvalue weighted by atomic mass is 10.1. The van der Waals surface area contributed by atoms with Crippen LogP contribution in [-0.4, -0.2) is 44.2 Å². The van der Waals surface area contributed by atoms with Crippen LogP contribution in [0.25, 0.3) is 0 Å². The molecule has 3 N–H and O–H groups in total. The number of nitriles is 1. The predicted molar refractivity (Wildman–Crippen MR) is 83.5 cm³/mol. The smallest absolute Gasteiger partial charge is 0.350 e. The van der Waals surface area contributed by atoms with Gasteiger partial charge < -0.3 is 20.7 Å². The molecule has 1 aliphatic heterocycles. The Morgan fingerprint density at radius 3 is 3.00 bits per heavy atom. The van der Waals surface area contributed by atoms with Crippen molar-refractivity contribution in [3.05, 3.63) is 10.4 Å². The van der Waals surface area contributed by atoms with Gasteiger partial charge >= 0.3 is 5.97 Å². The summed E-state index contributed by atoms with van der Waals surface area (Å²) in [5, 5.41) is 13.1. The number of carbonyl (C=O) groups is 1. The lowest BCUT2D eigenvalue weighted by Gasteiger charge is -2.13. The van der Waals surface area contributed by atoms with Gasteiger partial charge in [0, 0.05) is 13.1 Å². The maximum absolute atomic E-state index is 11.6. The topological polar surface area (TPSA) is 91.4 Å². The number of likely N-dealkylation sites (tertiary alicyclic amines) is 1. The number of nitrogens with zero attached hydrogens (tertiary/aromatic N) is 2. The first kappa shape index (κ1) is 15.6. The molecule has 21 heavy (non-hydrogen) atoms. The summed E-state index contributed by atoms with van der Waals surface area (Å²) in [4.78, 5) is 14.3. The van der Waals surface area contributed by atoms with Crippen molar-refractivity contribution in [3.8, 4) is 6.07 Å². The van der Waals surface area contributed by atoms with Crippen molar-refractivity contribution in [2.45, 2.75) is 13.3 Å². The molecule has 1 atom stereocenters. The number of methoxy groups -OCH3 is 1. The van der Waals surface area contributed by atoms with Crippen molar-refractivity contribution >= 4 is 28.0 Å². The Bertz CT molecular complexity index is 564. The molecule has 6 nitrogen and oxygen atoms in total. The SMILES string of the molecule is CCN1CCC(CNc2sc(C(=O)OC)c(N)c2C#N)C1. The second-order valence-corrected chi connectivity index (χ2v) is 6.10. The Balaban J connectivity index is 2.06. The first-order valence-electron chi connectivity index (χ1n) is 6.97. The van der Waals surface area contributed by atoms with E-state index in [9.17, 15) is 10.1 Å². The van der Waals surface area contributed by atoms with E-state index in [1.807, 2.05) is 0 Å². The third kappa shape index (κ3) is 3.28. The summed E-state index contributed by atoms with van der Waals surface area (Å²) in [6, 6.07) is 2.06. The molecule has 0 aromatic carbocycles. The zero-order valence-electron chi connectivity index (χ0n) is 12.3. The summed E-state index contributed by atoms with van der Waals surface area (Å²) in [7, 11) is 1.30. The fourth-order valence-corrected chi connectivity index (χ4v) is 3.52. The molecule has 1 aliphatic rings. The minimum absolute atomic E-state index is 0.207. The molecule has 7 heteroatoms. The van der Waals surface area contributed by atoms with Gasteiger partial charge in [0.25, 0.3) is 0 Å². The minimum Gasteiger partial charge on any atom is -0.465 e. The van der Waals surface area contributed by atoms with E-state index in [2.05, 4.69) is 27.9 Å². The van der Waals surface area contributed by atoms with Crippen molar-refractivity contribution < 1.29 is 9.53 Å². The Kier molecular flexibility index (Phi) is 5.04. The molecule has 1 unspecified atom stereocenters. The van der Waals surface area contributed by atoms with Crippen LogP contribution in [0.3, 0.4) is 0 Å². The van der Waals surface area contributed by atoms with Crippen molar-refractivity contribution in [2.24, 2.45) is 5.92 Å². The molecule has 0 radical (unpaired) electrons. The van der Waals surface area contributed by atoms with E-state index in [0.717, 1.165) is 32.6 Å². The van der Waals surface area contributed by atoms with Crippen molar-refractivity contribution in [1.82, 2.24) is 4.90 Å². The van der Waals surface area contributed by atoms with Crippen LogP contribution in [0.2, 0.25) is 0 Å². The predicted octanol–water partition coefficient (Wildman–Crippen LogP) is 1.74. The summed E-state index contributed by atoms with van der Waals surface area (Å²) >= 11 is 1.19. The molecule has 2 rings (SSSR count). The average Bonchev–Trinajstić information content (AvgIpc) is 3.08. The number of nitrogen functional groups attached to an aromatic ring is 1. The number of nitrogens with one attached hydrogen (secondary N) is 1.